The van der Waals surface area contributed by atoms with Crippen LogP contribution in [0.4, 0.5) is 0 Å². The Hall–Kier alpha value is -0.560. The van der Waals surface area contributed by atoms with Gasteiger partial charge in [0.1, 0.15) is 0 Å². The maximum absolute atomic E-state index is 2.25. The quantitative estimate of drug-likeness (QED) is 0.549. The van der Waals surface area contributed by atoms with Gasteiger partial charge in [-0.15, -0.1) is 11.3 Å². The van der Waals surface area contributed by atoms with Gasteiger partial charge in [0.2, 0.25) is 0 Å². The smallest absolute Gasteiger partial charge is 0.0331 e. The van der Waals surface area contributed by atoms with Crippen molar-refractivity contribution in [3.8, 4) is 0 Å². The highest BCUT2D eigenvalue weighted by Gasteiger charge is 2.04. The van der Waals surface area contributed by atoms with Gasteiger partial charge in [0.15, 0.2) is 0 Å². The Morgan fingerprint density at radius 2 is 1.91 bits per heavy atom. The maximum Gasteiger partial charge on any atom is 0.0331 e. The van der Waals surface area contributed by atoms with E-state index in [0.717, 1.165) is 0 Å². The topological polar surface area (TPSA) is 0 Å². The number of fused-ring (bicyclic) bond motifs is 1. The van der Waals surface area contributed by atoms with Gasteiger partial charge in [0.05, 0.1) is 0 Å². The average molecular weight is 164 g/mol. The van der Waals surface area contributed by atoms with Crippen molar-refractivity contribution >= 4 is 22.5 Å². The van der Waals surface area contributed by atoms with Gasteiger partial charge in [0, 0.05) is 4.53 Å². The van der Waals surface area contributed by atoms with E-state index in [1.807, 2.05) is 11.3 Å². The molecule has 0 saturated heterocycles. The predicted octanol–water partition coefficient (Wildman–Crippen LogP) is 1.88. The summed E-state index contributed by atoms with van der Waals surface area (Å²) in [6.45, 7) is 4.50. The van der Waals surface area contributed by atoms with Gasteiger partial charge in [-0.25, -0.2) is 0 Å². The van der Waals surface area contributed by atoms with Gasteiger partial charge >= 0.3 is 0 Å². The summed E-state index contributed by atoms with van der Waals surface area (Å²) >= 11 is 1.88. The normalized spacial score (nSPS) is 16.9. The third-order valence-electron chi connectivity index (χ3n) is 2.39. The van der Waals surface area contributed by atoms with Crippen LogP contribution in [-0.2, 0) is 0 Å². The molecule has 0 N–H and O–H groups in total. The van der Waals surface area contributed by atoms with Crippen molar-refractivity contribution in [2.24, 2.45) is 0 Å². The van der Waals surface area contributed by atoms with Crippen molar-refractivity contribution in [3.05, 3.63) is 21.2 Å². The Morgan fingerprint density at radius 1 is 1.18 bits per heavy atom. The minimum absolute atomic E-state index is 1.26. The molecule has 0 radical (unpaired) electrons. The lowest BCUT2D eigenvalue weighted by atomic mass is 10.0. The van der Waals surface area contributed by atoms with Crippen LogP contribution in [-0.4, -0.2) is 0 Å². The summed E-state index contributed by atoms with van der Waals surface area (Å²) in [5.74, 6) is 0. The molecular weight excluding hydrogens is 152 g/mol. The van der Waals surface area contributed by atoms with E-state index in [-0.39, 0.29) is 0 Å². The van der Waals surface area contributed by atoms with E-state index in [9.17, 15) is 0 Å². The molecule has 11 heavy (non-hydrogen) atoms. The van der Waals surface area contributed by atoms with E-state index in [1.54, 1.807) is 11.1 Å². The first-order chi connectivity index (χ1) is 5.29. The standard InChI is InChI=1S/C10H12S/c1-7-3-4-8(2)10-9(7)5-6-11-10/h5-6H,3-4H2,1-2H3. The number of hydrogen-bond donors (Lipinski definition) is 0. The summed E-state index contributed by atoms with van der Waals surface area (Å²) in [4.78, 5) is 0. The Bertz CT molecular complexity index is 345. The lowest BCUT2D eigenvalue weighted by molar-refractivity contribution is 1.03. The molecule has 1 heterocycles. The molecule has 0 nitrogen and oxygen atoms in total. The van der Waals surface area contributed by atoms with Gasteiger partial charge in [-0.05, 0) is 43.4 Å². The molecule has 0 saturated carbocycles. The van der Waals surface area contributed by atoms with Crippen LogP contribution < -0.4 is 9.75 Å². The molecule has 0 fully saturated rings. The zero-order valence-electron chi connectivity index (χ0n) is 6.98. The van der Waals surface area contributed by atoms with Crippen molar-refractivity contribution < 1.29 is 0 Å². The van der Waals surface area contributed by atoms with Crippen LogP contribution in [0.5, 0.6) is 0 Å². The van der Waals surface area contributed by atoms with E-state index < -0.39 is 0 Å². The van der Waals surface area contributed by atoms with Crippen LogP contribution in [0.2, 0.25) is 0 Å². The minimum Gasteiger partial charge on any atom is -0.144 e. The summed E-state index contributed by atoms with van der Waals surface area (Å²) in [5.41, 5.74) is 3.13. The molecule has 1 heteroatoms. The Balaban J connectivity index is 2.95. The molecule has 2 rings (SSSR count). The van der Waals surface area contributed by atoms with Crippen LogP contribution >= 0.6 is 11.3 Å². The predicted molar refractivity (Wildman–Crippen MR) is 51.0 cm³/mol. The fraction of sp³-hybridized carbons (Fsp3) is 0.400. The van der Waals surface area contributed by atoms with Gasteiger partial charge < -0.3 is 0 Å². The first-order valence-corrected chi connectivity index (χ1v) is 4.90. The van der Waals surface area contributed by atoms with Crippen LogP contribution in [0.1, 0.15) is 26.7 Å². The zero-order valence-corrected chi connectivity index (χ0v) is 7.79. The zero-order chi connectivity index (χ0) is 7.84. The molecular formula is C10H12S. The third-order valence-corrected chi connectivity index (χ3v) is 3.46. The first kappa shape index (κ1) is 7.11. The van der Waals surface area contributed by atoms with Crippen LogP contribution in [0, 0.1) is 0 Å². The second-order valence-electron chi connectivity index (χ2n) is 3.22. The lowest BCUT2D eigenvalue weighted by Gasteiger charge is -2.06. The van der Waals surface area contributed by atoms with E-state index in [0.29, 0.717) is 0 Å². The first-order valence-electron chi connectivity index (χ1n) is 4.02. The highest BCUT2D eigenvalue weighted by atomic mass is 32.1. The molecule has 1 aliphatic carbocycles. The van der Waals surface area contributed by atoms with Crippen molar-refractivity contribution in [1.82, 2.24) is 0 Å². The SMILES string of the molecule is CC1=c2ccsc2=C(C)CC1. The minimum atomic E-state index is 1.26. The molecule has 0 atom stereocenters. The molecule has 58 valence electrons. The monoisotopic (exact) mass is 164 g/mol. The highest BCUT2D eigenvalue weighted by Crippen LogP contribution is 2.13. The van der Waals surface area contributed by atoms with Gasteiger partial charge in [0.25, 0.3) is 0 Å². The van der Waals surface area contributed by atoms with Crippen LogP contribution in [0.25, 0.3) is 11.1 Å². The summed E-state index contributed by atoms with van der Waals surface area (Å²) in [7, 11) is 0. The Kier molecular flexibility index (Phi) is 1.61. The number of rotatable bonds is 0. The molecule has 1 aliphatic rings. The molecule has 0 amide bonds. The Morgan fingerprint density at radius 3 is 2.64 bits per heavy atom. The molecule has 1 aromatic heterocycles. The molecule has 0 aromatic carbocycles. The molecule has 1 aromatic rings. The van der Waals surface area contributed by atoms with Gasteiger partial charge in [-0.2, -0.15) is 0 Å². The van der Waals surface area contributed by atoms with E-state index >= 15 is 0 Å². The summed E-state index contributed by atoms with van der Waals surface area (Å²) < 4.78 is 1.52. The maximum atomic E-state index is 2.25. The second kappa shape index (κ2) is 2.49. The highest BCUT2D eigenvalue weighted by molar-refractivity contribution is 7.07. The van der Waals surface area contributed by atoms with Crippen molar-refractivity contribution in [2.45, 2.75) is 26.7 Å². The molecule has 0 bridgehead atoms. The average Bonchev–Trinajstić information content (AvgIpc) is 2.45. The fourth-order valence-corrected chi connectivity index (χ4v) is 2.61. The Labute approximate surface area is 70.9 Å². The van der Waals surface area contributed by atoms with E-state index in [1.165, 1.54) is 22.6 Å². The van der Waals surface area contributed by atoms with Crippen molar-refractivity contribution in [1.29, 1.82) is 0 Å². The molecule has 0 aliphatic heterocycles. The number of thiophene rings is 1. The molecule has 0 unspecified atom stereocenters. The third kappa shape index (κ3) is 1.04. The summed E-state index contributed by atoms with van der Waals surface area (Å²) in [6, 6.07) is 2.25. The summed E-state index contributed by atoms with van der Waals surface area (Å²) in [5, 5.41) is 3.70. The van der Waals surface area contributed by atoms with Gasteiger partial charge in [-0.3, -0.25) is 0 Å². The largest absolute Gasteiger partial charge is 0.144 e. The van der Waals surface area contributed by atoms with E-state index in [2.05, 4.69) is 25.3 Å². The summed E-state index contributed by atoms with van der Waals surface area (Å²) in [6.07, 6.45) is 2.52. The lowest BCUT2D eigenvalue weighted by Crippen LogP contribution is -2.25. The van der Waals surface area contributed by atoms with E-state index in [4.69, 9.17) is 0 Å². The fourth-order valence-electron chi connectivity index (χ4n) is 1.60. The van der Waals surface area contributed by atoms with Crippen molar-refractivity contribution in [3.63, 3.8) is 0 Å². The van der Waals surface area contributed by atoms with Crippen LogP contribution in [0.3, 0.4) is 0 Å². The molecule has 0 spiro atoms. The van der Waals surface area contributed by atoms with Crippen molar-refractivity contribution in [2.75, 3.05) is 0 Å². The second-order valence-corrected chi connectivity index (χ2v) is 4.14. The van der Waals surface area contributed by atoms with Gasteiger partial charge in [-0.1, -0.05) is 11.1 Å². The van der Waals surface area contributed by atoms with Crippen LogP contribution in [0.15, 0.2) is 11.4 Å². The number of hydrogen-bond acceptors (Lipinski definition) is 1.